The summed E-state index contributed by atoms with van der Waals surface area (Å²) < 4.78 is 0. The topological polar surface area (TPSA) is 70.2 Å². The molecule has 122 valence electrons. The summed E-state index contributed by atoms with van der Waals surface area (Å²) in [5.41, 5.74) is 0. The number of halogens is 1. The van der Waals surface area contributed by atoms with Gasteiger partial charge in [0.2, 0.25) is 11.8 Å². The molecular weight excluding hydrogens is 290 g/mol. The lowest BCUT2D eigenvalue weighted by molar-refractivity contribution is -0.130. The molecule has 0 radical (unpaired) electrons. The predicted octanol–water partition coefficient (Wildman–Crippen LogP) is 1.22. The highest BCUT2D eigenvalue weighted by Crippen LogP contribution is 2.28. The van der Waals surface area contributed by atoms with Gasteiger partial charge in [-0.3, -0.25) is 9.59 Å². The highest BCUT2D eigenvalue weighted by atomic mass is 35.5. The van der Waals surface area contributed by atoms with Gasteiger partial charge in [-0.1, -0.05) is 19.8 Å². The second-order valence-electron chi connectivity index (χ2n) is 6.31. The van der Waals surface area contributed by atoms with Crippen LogP contribution in [0, 0.1) is 11.8 Å². The van der Waals surface area contributed by atoms with Crippen molar-refractivity contribution in [2.75, 3.05) is 13.1 Å². The smallest absolute Gasteiger partial charge is 0.243 e. The molecule has 0 spiro atoms. The van der Waals surface area contributed by atoms with E-state index in [4.69, 9.17) is 0 Å². The standard InChI is InChI=1S/C15H27N3O2.ClH/c1-10-9-16-8-7-13(10)18-15(20)14(17-11(2)19)12-5-3-4-6-12;/h10,12-14,16H,3-9H2,1-2H3,(H,17,19)(H,18,20);1H. The number of rotatable bonds is 4. The number of hydrogen-bond acceptors (Lipinski definition) is 3. The lowest BCUT2D eigenvalue weighted by Crippen LogP contribution is -2.56. The molecule has 2 amide bonds. The Morgan fingerprint density at radius 1 is 1.19 bits per heavy atom. The molecule has 1 heterocycles. The summed E-state index contributed by atoms with van der Waals surface area (Å²) in [4.78, 5) is 23.9. The molecule has 1 aliphatic carbocycles. The van der Waals surface area contributed by atoms with Crippen LogP contribution in [-0.4, -0.2) is 37.0 Å². The monoisotopic (exact) mass is 317 g/mol. The molecule has 2 rings (SSSR count). The van der Waals surface area contributed by atoms with Gasteiger partial charge in [-0.25, -0.2) is 0 Å². The zero-order valence-corrected chi connectivity index (χ0v) is 13.8. The van der Waals surface area contributed by atoms with E-state index in [1.807, 2.05) is 0 Å². The van der Waals surface area contributed by atoms with Crippen LogP contribution < -0.4 is 16.0 Å². The number of piperidine rings is 1. The van der Waals surface area contributed by atoms with Gasteiger partial charge in [0.15, 0.2) is 0 Å². The summed E-state index contributed by atoms with van der Waals surface area (Å²) in [5.74, 6) is 0.631. The maximum atomic E-state index is 12.5. The van der Waals surface area contributed by atoms with E-state index in [2.05, 4.69) is 22.9 Å². The summed E-state index contributed by atoms with van der Waals surface area (Å²) in [6.07, 6.45) is 5.38. The quantitative estimate of drug-likeness (QED) is 0.730. The molecule has 0 aromatic rings. The minimum absolute atomic E-state index is 0. The van der Waals surface area contributed by atoms with Crippen LogP contribution in [0.15, 0.2) is 0 Å². The third-order valence-electron chi connectivity index (χ3n) is 4.63. The van der Waals surface area contributed by atoms with E-state index in [0.717, 1.165) is 45.2 Å². The van der Waals surface area contributed by atoms with Gasteiger partial charge in [0.05, 0.1) is 0 Å². The molecule has 1 saturated carbocycles. The van der Waals surface area contributed by atoms with Crippen molar-refractivity contribution in [1.82, 2.24) is 16.0 Å². The van der Waals surface area contributed by atoms with Crippen LogP contribution in [0.5, 0.6) is 0 Å². The molecule has 0 bridgehead atoms. The molecule has 21 heavy (non-hydrogen) atoms. The summed E-state index contributed by atoms with van der Waals surface area (Å²) in [5, 5.41) is 9.35. The van der Waals surface area contributed by atoms with Crippen molar-refractivity contribution in [2.24, 2.45) is 11.8 Å². The van der Waals surface area contributed by atoms with Crippen molar-refractivity contribution in [3.8, 4) is 0 Å². The zero-order chi connectivity index (χ0) is 14.5. The van der Waals surface area contributed by atoms with Crippen LogP contribution >= 0.6 is 12.4 Å². The third-order valence-corrected chi connectivity index (χ3v) is 4.63. The third kappa shape index (κ3) is 5.15. The normalized spacial score (nSPS) is 27.5. The summed E-state index contributed by atoms with van der Waals surface area (Å²) in [6, 6.07) is -0.126. The predicted molar refractivity (Wildman–Crippen MR) is 85.4 cm³/mol. The van der Waals surface area contributed by atoms with Crippen LogP contribution in [0.25, 0.3) is 0 Å². The average Bonchev–Trinajstić information content (AvgIpc) is 2.92. The van der Waals surface area contributed by atoms with Gasteiger partial charge >= 0.3 is 0 Å². The van der Waals surface area contributed by atoms with Crippen molar-refractivity contribution < 1.29 is 9.59 Å². The highest BCUT2D eigenvalue weighted by Gasteiger charge is 2.33. The molecule has 3 atom stereocenters. The fourth-order valence-electron chi connectivity index (χ4n) is 3.41. The maximum absolute atomic E-state index is 12.5. The minimum Gasteiger partial charge on any atom is -0.351 e. The average molecular weight is 318 g/mol. The first-order valence-corrected chi connectivity index (χ1v) is 7.86. The SMILES string of the molecule is CC(=O)NC(C(=O)NC1CCNCC1C)C1CCCC1.Cl. The molecule has 1 saturated heterocycles. The van der Waals surface area contributed by atoms with Gasteiger partial charge < -0.3 is 16.0 Å². The van der Waals surface area contributed by atoms with Gasteiger partial charge in [0.1, 0.15) is 6.04 Å². The Labute approximate surface area is 133 Å². The minimum atomic E-state index is -0.350. The van der Waals surface area contributed by atoms with Crippen LogP contribution in [0.1, 0.15) is 46.0 Å². The Morgan fingerprint density at radius 2 is 1.86 bits per heavy atom. The van der Waals surface area contributed by atoms with Gasteiger partial charge in [-0.05, 0) is 44.2 Å². The number of amides is 2. The van der Waals surface area contributed by atoms with Crippen LogP contribution in [0.2, 0.25) is 0 Å². The van der Waals surface area contributed by atoms with Crippen LogP contribution in [0.3, 0.4) is 0 Å². The fraction of sp³-hybridized carbons (Fsp3) is 0.867. The van der Waals surface area contributed by atoms with Crippen molar-refractivity contribution in [2.45, 2.75) is 58.0 Å². The molecule has 0 aromatic carbocycles. The zero-order valence-electron chi connectivity index (χ0n) is 13.0. The number of carbonyl (C=O) groups is 2. The highest BCUT2D eigenvalue weighted by molar-refractivity contribution is 5.87. The van der Waals surface area contributed by atoms with E-state index in [9.17, 15) is 9.59 Å². The lowest BCUT2D eigenvalue weighted by Gasteiger charge is -2.32. The molecule has 6 heteroatoms. The molecule has 2 aliphatic rings. The second-order valence-corrected chi connectivity index (χ2v) is 6.31. The summed E-state index contributed by atoms with van der Waals surface area (Å²) in [7, 11) is 0. The Hall–Kier alpha value is -0.810. The van der Waals surface area contributed by atoms with Crippen LogP contribution in [-0.2, 0) is 9.59 Å². The molecule has 0 aromatic heterocycles. The second kappa shape index (κ2) is 8.59. The number of carbonyl (C=O) groups excluding carboxylic acids is 2. The van der Waals surface area contributed by atoms with Crippen molar-refractivity contribution >= 4 is 24.2 Å². The van der Waals surface area contributed by atoms with Crippen molar-refractivity contribution in [3.63, 3.8) is 0 Å². The first-order valence-electron chi connectivity index (χ1n) is 7.86. The molecular formula is C15H28ClN3O2. The van der Waals surface area contributed by atoms with E-state index in [1.165, 1.54) is 6.92 Å². The van der Waals surface area contributed by atoms with Crippen molar-refractivity contribution in [3.05, 3.63) is 0 Å². The van der Waals surface area contributed by atoms with Gasteiger partial charge in [0, 0.05) is 13.0 Å². The molecule has 3 N–H and O–H groups in total. The summed E-state index contributed by atoms with van der Waals surface area (Å²) >= 11 is 0. The Balaban J connectivity index is 0.00000220. The van der Waals surface area contributed by atoms with E-state index in [1.54, 1.807) is 0 Å². The van der Waals surface area contributed by atoms with E-state index >= 15 is 0 Å². The maximum Gasteiger partial charge on any atom is 0.243 e. The van der Waals surface area contributed by atoms with E-state index < -0.39 is 0 Å². The van der Waals surface area contributed by atoms with Gasteiger partial charge in [-0.2, -0.15) is 0 Å². The number of hydrogen-bond donors (Lipinski definition) is 3. The first kappa shape index (κ1) is 18.2. The lowest BCUT2D eigenvalue weighted by atomic mass is 9.93. The first-order chi connectivity index (χ1) is 9.58. The molecule has 2 fully saturated rings. The van der Waals surface area contributed by atoms with E-state index in [0.29, 0.717) is 11.8 Å². The summed E-state index contributed by atoms with van der Waals surface area (Å²) in [6.45, 7) is 5.53. The van der Waals surface area contributed by atoms with Crippen molar-refractivity contribution in [1.29, 1.82) is 0 Å². The van der Waals surface area contributed by atoms with E-state index in [-0.39, 0.29) is 36.3 Å². The molecule has 5 nitrogen and oxygen atoms in total. The Kier molecular flexibility index (Phi) is 7.46. The van der Waals surface area contributed by atoms with Gasteiger partial charge in [0.25, 0.3) is 0 Å². The van der Waals surface area contributed by atoms with Crippen LogP contribution in [0.4, 0.5) is 0 Å². The Morgan fingerprint density at radius 3 is 2.43 bits per heavy atom. The fourth-order valence-corrected chi connectivity index (χ4v) is 3.41. The largest absolute Gasteiger partial charge is 0.351 e. The van der Waals surface area contributed by atoms with Gasteiger partial charge in [-0.15, -0.1) is 12.4 Å². The number of nitrogens with one attached hydrogen (secondary N) is 3. The molecule has 1 aliphatic heterocycles. The Bertz CT molecular complexity index is 359. The molecule has 3 unspecified atom stereocenters.